The lowest BCUT2D eigenvalue weighted by Crippen LogP contribution is -2.07. The summed E-state index contributed by atoms with van der Waals surface area (Å²) in [5.74, 6) is -0.261. The smallest absolute Gasteiger partial charge is 0.341 e. The van der Waals surface area contributed by atoms with Crippen LogP contribution < -0.4 is 5.32 Å². The lowest BCUT2D eigenvalue weighted by Gasteiger charge is -2.04. The second-order valence-corrected chi connectivity index (χ2v) is 5.12. The molecule has 0 aliphatic heterocycles. The van der Waals surface area contributed by atoms with Crippen molar-refractivity contribution in [3.05, 3.63) is 41.5 Å². The van der Waals surface area contributed by atoms with E-state index in [1.165, 1.54) is 0 Å². The second kappa shape index (κ2) is 5.89. The summed E-state index contributed by atoms with van der Waals surface area (Å²) < 4.78 is 5.13. The molecule has 0 radical (unpaired) electrons. The molecule has 0 saturated heterocycles. The summed E-state index contributed by atoms with van der Waals surface area (Å²) in [5.41, 5.74) is 2.74. The zero-order chi connectivity index (χ0) is 13.8. The van der Waals surface area contributed by atoms with E-state index >= 15 is 0 Å². The quantitative estimate of drug-likeness (QED) is 0.859. The van der Waals surface area contributed by atoms with Crippen molar-refractivity contribution in [2.24, 2.45) is 0 Å². The zero-order valence-electron chi connectivity index (χ0n) is 11.3. The first kappa shape index (κ1) is 13.6. The monoisotopic (exact) mass is 275 g/mol. The number of hydrogen-bond donors (Lipinski definition) is 1. The second-order valence-electron chi connectivity index (χ2n) is 4.10. The van der Waals surface area contributed by atoms with E-state index in [-0.39, 0.29) is 5.97 Å². The van der Waals surface area contributed by atoms with Crippen LogP contribution in [0.25, 0.3) is 10.4 Å². The number of esters is 1. The average molecular weight is 275 g/mol. The molecule has 1 aromatic heterocycles. The van der Waals surface area contributed by atoms with Gasteiger partial charge in [-0.1, -0.05) is 30.3 Å². The van der Waals surface area contributed by atoms with Crippen LogP contribution in [0.15, 0.2) is 30.3 Å². The van der Waals surface area contributed by atoms with Gasteiger partial charge in [0.25, 0.3) is 0 Å². The minimum Gasteiger partial charge on any atom is -0.462 e. The Labute approximate surface area is 117 Å². The highest BCUT2D eigenvalue weighted by Gasteiger charge is 2.22. The van der Waals surface area contributed by atoms with Gasteiger partial charge in [-0.05, 0) is 25.0 Å². The van der Waals surface area contributed by atoms with Gasteiger partial charge in [0.2, 0.25) is 0 Å². The first-order valence-electron chi connectivity index (χ1n) is 6.22. The normalized spacial score (nSPS) is 10.3. The summed E-state index contributed by atoms with van der Waals surface area (Å²) in [7, 11) is 1.82. The number of nitrogens with one attached hydrogen (secondary N) is 1. The maximum absolute atomic E-state index is 12.0. The van der Waals surface area contributed by atoms with Crippen molar-refractivity contribution in [2.45, 2.75) is 13.8 Å². The van der Waals surface area contributed by atoms with Gasteiger partial charge in [0, 0.05) is 11.9 Å². The Morgan fingerprint density at radius 1 is 1.32 bits per heavy atom. The molecule has 1 aromatic carbocycles. The standard InChI is InChI=1S/C15H17NO2S/c1-4-18-15(17)12-10(2)13(19-14(12)16-3)11-8-6-5-7-9-11/h5-9,16H,4H2,1-3H3. The van der Waals surface area contributed by atoms with Crippen LogP contribution in [-0.2, 0) is 4.74 Å². The fourth-order valence-corrected chi connectivity index (χ4v) is 3.16. The van der Waals surface area contributed by atoms with Gasteiger partial charge in [-0.3, -0.25) is 0 Å². The Hall–Kier alpha value is -1.81. The van der Waals surface area contributed by atoms with Gasteiger partial charge in [0.15, 0.2) is 0 Å². The molecule has 0 aliphatic rings. The van der Waals surface area contributed by atoms with Crippen LogP contribution in [0.4, 0.5) is 5.00 Å². The Bertz CT molecular complexity index is 575. The van der Waals surface area contributed by atoms with Crippen LogP contribution in [0.3, 0.4) is 0 Å². The fourth-order valence-electron chi connectivity index (χ4n) is 2.00. The predicted molar refractivity (Wildman–Crippen MR) is 80.0 cm³/mol. The summed E-state index contributed by atoms with van der Waals surface area (Å²) in [6, 6.07) is 10.1. The van der Waals surface area contributed by atoms with Gasteiger partial charge in [0.05, 0.1) is 12.2 Å². The van der Waals surface area contributed by atoms with E-state index in [4.69, 9.17) is 4.74 Å². The van der Waals surface area contributed by atoms with Crippen molar-refractivity contribution in [2.75, 3.05) is 19.0 Å². The van der Waals surface area contributed by atoms with Gasteiger partial charge in [-0.25, -0.2) is 4.79 Å². The number of anilines is 1. The van der Waals surface area contributed by atoms with Gasteiger partial charge >= 0.3 is 5.97 Å². The van der Waals surface area contributed by atoms with Crippen molar-refractivity contribution < 1.29 is 9.53 Å². The number of carbonyl (C=O) groups is 1. The van der Waals surface area contributed by atoms with Gasteiger partial charge in [-0.15, -0.1) is 11.3 Å². The summed E-state index contributed by atoms with van der Waals surface area (Å²) in [6.07, 6.45) is 0. The first-order valence-corrected chi connectivity index (χ1v) is 7.04. The van der Waals surface area contributed by atoms with Crippen LogP contribution in [0.5, 0.6) is 0 Å². The lowest BCUT2D eigenvalue weighted by molar-refractivity contribution is 0.0527. The number of ether oxygens (including phenoxy) is 1. The maximum atomic E-state index is 12.0. The topological polar surface area (TPSA) is 38.3 Å². The number of hydrogen-bond acceptors (Lipinski definition) is 4. The summed E-state index contributed by atoms with van der Waals surface area (Å²) in [5, 5.41) is 3.94. The maximum Gasteiger partial charge on any atom is 0.341 e. The molecule has 2 rings (SSSR count). The Kier molecular flexibility index (Phi) is 4.22. The third kappa shape index (κ3) is 2.63. The van der Waals surface area contributed by atoms with E-state index in [0.29, 0.717) is 12.2 Å². The molecule has 0 saturated carbocycles. The Balaban J connectivity index is 2.51. The average Bonchev–Trinajstić information content (AvgIpc) is 2.77. The minimum atomic E-state index is -0.261. The molecule has 2 aromatic rings. The fraction of sp³-hybridized carbons (Fsp3) is 0.267. The molecule has 0 atom stereocenters. The van der Waals surface area contributed by atoms with E-state index in [2.05, 4.69) is 5.32 Å². The molecule has 100 valence electrons. The SMILES string of the molecule is CCOC(=O)c1c(NC)sc(-c2ccccc2)c1C. The lowest BCUT2D eigenvalue weighted by atomic mass is 10.1. The highest BCUT2D eigenvalue weighted by atomic mass is 32.1. The summed E-state index contributed by atoms with van der Waals surface area (Å²) >= 11 is 1.58. The van der Waals surface area contributed by atoms with Crippen LogP contribution in [-0.4, -0.2) is 19.6 Å². The third-order valence-electron chi connectivity index (χ3n) is 2.89. The molecule has 0 bridgehead atoms. The van der Waals surface area contributed by atoms with E-state index in [9.17, 15) is 4.79 Å². The molecule has 0 fully saturated rings. The van der Waals surface area contributed by atoms with Gasteiger partial charge in [0.1, 0.15) is 5.00 Å². The van der Waals surface area contributed by atoms with Crippen LogP contribution in [0.2, 0.25) is 0 Å². The first-order chi connectivity index (χ1) is 9.19. The zero-order valence-corrected chi connectivity index (χ0v) is 12.1. The van der Waals surface area contributed by atoms with Crippen LogP contribution in [0.1, 0.15) is 22.8 Å². The molecule has 1 heterocycles. The molecule has 0 aliphatic carbocycles. The van der Waals surface area contributed by atoms with E-state index in [1.54, 1.807) is 11.3 Å². The number of thiophene rings is 1. The Morgan fingerprint density at radius 3 is 2.58 bits per heavy atom. The highest BCUT2D eigenvalue weighted by molar-refractivity contribution is 7.20. The minimum absolute atomic E-state index is 0.261. The molecule has 3 nitrogen and oxygen atoms in total. The molecule has 4 heteroatoms. The molecule has 0 amide bonds. The van der Waals surface area contributed by atoms with Crippen LogP contribution >= 0.6 is 11.3 Å². The van der Waals surface area contributed by atoms with Crippen molar-refractivity contribution in [3.63, 3.8) is 0 Å². The summed E-state index contributed by atoms with van der Waals surface area (Å²) in [4.78, 5) is 13.1. The number of benzene rings is 1. The largest absolute Gasteiger partial charge is 0.462 e. The molecule has 0 spiro atoms. The molecule has 1 N–H and O–H groups in total. The van der Waals surface area contributed by atoms with Gasteiger partial charge in [-0.2, -0.15) is 0 Å². The van der Waals surface area contributed by atoms with Crippen molar-refractivity contribution in [3.8, 4) is 10.4 Å². The molecular formula is C15H17NO2S. The number of carbonyl (C=O) groups excluding carboxylic acids is 1. The van der Waals surface area contributed by atoms with E-state index < -0.39 is 0 Å². The summed E-state index contributed by atoms with van der Waals surface area (Å²) in [6.45, 7) is 4.17. The van der Waals surface area contributed by atoms with E-state index in [0.717, 1.165) is 21.0 Å². The molecular weight excluding hydrogens is 258 g/mol. The Morgan fingerprint density at radius 2 is 2.00 bits per heavy atom. The van der Waals surface area contributed by atoms with Crippen molar-refractivity contribution in [1.82, 2.24) is 0 Å². The van der Waals surface area contributed by atoms with Crippen LogP contribution in [0, 0.1) is 6.92 Å². The van der Waals surface area contributed by atoms with Gasteiger partial charge < -0.3 is 10.1 Å². The van der Waals surface area contributed by atoms with Crippen molar-refractivity contribution >= 4 is 22.3 Å². The predicted octanol–water partition coefficient (Wildman–Crippen LogP) is 3.94. The number of rotatable bonds is 4. The highest BCUT2D eigenvalue weighted by Crippen LogP contribution is 2.39. The third-order valence-corrected chi connectivity index (χ3v) is 4.25. The van der Waals surface area contributed by atoms with E-state index in [1.807, 2.05) is 51.2 Å². The molecule has 19 heavy (non-hydrogen) atoms. The molecule has 0 unspecified atom stereocenters. The van der Waals surface area contributed by atoms with Crippen molar-refractivity contribution in [1.29, 1.82) is 0 Å².